The number of carbonyl (C=O) groups is 2. The van der Waals surface area contributed by atoms with Crippen LogP contribution < -0.4 is 11.1 Å². The van der Waals surface area contributed by atoms with Crippen molar-refractivity contribution in [2.75, 3.05) is 5.32 Å². The lowest BCUT2D eigenvalue weighted by Gasteiger charge is -2.24. The van der Waals surface area contributed by atoms with Crippen LogP contribution in [0.25, 0.3) is 0 Å². The second-order valence-corrected chi connectivity index (χ2v) is 8.62. The quantitative estimate of drug-likeness (QED) is 0.694. The van der Waals surface area contributed by atoms with E-state index in [1.165, 1.54) is 12.3 Å². The molecule has 0 radical (unpaired) electrons. The first-order chi connectivity index (χ1) is 13.8. The molecule has 158 valence electrons. The van der Waals surface area contributed by atoms with E-state index in [0.29, 0.717) is 11.3 Å². The maximum Gasteiger partial charge on any atom is 0.267 e. The number of halogens is 1. The van der Waals surface area contributed by atoms with Gasteiger partial charge in [-0.1, -0.05) is 20.8 Å². The van der Waals surface area contributed by atoms with Gasteiger partial charge < -0.3 is 16.2 Å². The molecule has 0 bridgehead atoms. The maximum absolute atomic E-state index is 14.6. The fourth-order valence-corrected chi connectivity index (χ4v) is 3.18. The van der Waals surface area contributed by atoms with Gasteiger partial charge in [0.05, 0.1) is 17.9 Å². The highest BCUT2D eigenvalue weighted by Gasteiger charge is 2.28. The third-order valence-electron chi connectivity index (χ3n) is 4.68. The number of phenolic OH excluding ortho intramolecular Hbond substituents is 1. The van der Waals surface area contributed by atoms with Gasteiger partial charge in [0.2, 0.25) is 5.91 Å². The Labute approximate surface area is 174 Å². The lowest BCUT2D eigenvalue weighted by molar-refractivity contribution is -0.115. The first-order valence-electron chi connectivity index (χ1n) is 9.30. The molecular weight excluding hydrogens is 387 g/mol. The molecule has 4 N–H and O–H groups in total. The number of rotatable bonds is 5. The van der Waals surface area contributed by atoms with Crippen LogP contribution >= 0.6 is 0 Å². The van der Waals surface area contributed by atoms with Crippen LogP contribution in [0.1, 0.15) is 61.8 Å². The highest BCUT2D eigenvalue weighted by Crippen LogP contribution is 2.34. The van der Waals surface area contributed by atoms with E-state index < -0.39 is 28.5 Å². The van der Waals surface area contributed by atoms with Gasteiger partial charge in [0, 0.05) is 28.6 Å². The standard InChI is InChI=1S/C22H25FN4O3/c1-21(2,3)18-15(6-7-26-19(18)20(25)30)27-17(29)9-12-8-16(28)13(10-14(12)23)22(4,5)11-24/h6-8,10,28H,9H2,1-5H3,(H2,25,30)(H,26,27,29). The van der Waals surface area contributed by atoms with E-state index in [1.54, 1.807) is 13.8 Å². The summed E-state index contributed by atoms with van der Waals surface area (Å²) in [7, 11) is 0. The number of anilines is 1. The van der Waals surface area contributed by atoms with Gasteiger partial charge in [-0.05, 0) is 37.5 Å². The van der Waals surface area contributed by atoms with Crippen LogP contribution in [-0.2, 0) is 22.0 Å². The number of nitrogens with two attached hydrogens (primary N) is 1. The van der Waals surface area contributed by atoms with Crippen LogP contribution in [0.4, 0.5) is 10.1 Å². The molecule has 2 aromatic rings. The van der Waals surface area contributed by atoms with E-state index in [4.69, 9.17) is 5.73 Å². The number of pyridine rings is 1. The van der Waals surface area contributed by atoms with Gasteiger partial charge in [-0.25, -0.2) is 4.39 Å². The zero-order valence-corrected chi connectivity index (χ0v) is 17.6. The highest BCUT2D eigenvalue weighted by molar-refractivity contribution is 5.98. The third-order valence-corrected chi connectivity index (χ3v) is 4.68. The smallest absolute Gasteiger partial charge is 0.267 e. The highest BCUT2D eigenvalue weighted by atomic mass is 19.1. The van der Waals surface area contributed by atoms with Gasteiger partial charge >= 0.3 is 0 Å². The molecule has 0 aliphatic carbocycles. The maximum atomic E-state index is 14.6. The van der Waals surface area contributed by atoms with Crippen molar-refractivity contribution < 1.29 is 19.1 Å². The van der Waals surface area contributed by atoms with Crippen LogP contribution in [0, 0.1) is 17.1 Å². The van der Waals surface area contributed by atoms with E-state index in [0.717, 1.165) is 12.1 Å². The molecule has 0 saturated carbocycles. The summed E-state index contributed by atoms with van der Waals surface area (Å²) in [6.07, 6.45) is 1.00. The fraction of sp³-hybridized carbons (Fsp3) is 0.364. The number of benzene rings is 1. The molecule has 0 aliphatic heterocycles. The number of primary amides is 1. The van der Waals surface area contributed by atoms with Gasteiger partial charge in [0.25, 0.3) is 5.91 Å². The topological polar surface area (TPSA) is 129 Å². The Morgan fingerprint density at radius 2 is 1.90 bits per heavy atom. The molecule has 8 heteroatoms. The van der Waals surface area contributed by atoms with Crippen molar-refractivity contribution in [2.24, 2.45) is 5.73 Å². The van der Waals surface area contributed by atoms with Crippen molar-refractivity contribution in [3.05, 3.63) is 52.6 Å². The number of carbonyl (C=O) groups excluding carboxylic acids is 2. The molecule has 1 aromatic heterocycles. The number of nitrogens with zero attached hydrogens (tertiary/aromatic N) is 2. The normalized spacial score (nSPS) is 11.6. The van der Waals surface area contributed by atoms with Crippen LogP contribution in [0.3, 0.4) is 0 Å². The lowest BCUT2D eigenvalue weighted by Crippen LogP contribution is -2.26. The summed E-state index contributed by atoms with van der Waals surface area (Å²) in [5, 5.41) is 22.1. The number of aromatic hydroxyl groups is 1. The summed E-state index contributed by atoms with van der Waals surface area (Å²) >= 11 is 0. The number of nitriles is 1. The van der Waals surface area contributed by atoms with Gasteiger partial charge in [-0.2, -0.15) is 5.26 Å². The fourth-order valence-electron chi connectivity index (χ4n) is 3.18. The van der Waals surface area contributed by atoms with E-state index in [2.05, 4.69) is 10.3 Å². The summed E-state index contributed by atoms with van der Waals surface area (Å²) in [5.74, 6) is -2.23. The number of nitrogens with one attached hydrogen (secondary N) is 1. The van der Waals surface area contributed by atoms with Crippen LogP contribution in [0.15, 0.2) is 24.4 Å². The van der Waals surface area contributed by atoms with Crippen molar-refractivity contribution in [3.8, 4) is 11.8 Å². The average molecular weight is 412 g/mol. The molecule has 1 aromatic carbocycles. The van der Waals surface area contributed by atoms with Gasteiger partial charge in [0.15, 0.2) is 0 Å². The summed E-state index contributed by atoms with van der Waals surface area (Å²) in [4.78, 5) is 28.4. The number of hydrogen-bond acceptors (Lipinski definition) is 5. The van der Waals surface area contributed by atoms with Crippen LogP contribution in [0.5, 0.6) is 5.75 Å². The minimum absolute atomic E-state index is 0.0241. The molecule has 1 heterocycles. The summed E-state index contributed by atoms with van der Waals surface area (Å²) in [5.41, 5.74) is 4.77. The number of hydrogen-bond donors (Lipinski definition) is 3. The largest absolute Gasteiger partial charge is 0.508 e. The zero-order valence-electron chi connectivity index (χ0n) is 17.6. The minimum atomic E-state index is -1.09. The lowest BCUT2D eigenvalue weighted by atomic mass is 9.84. The monoisotopic (exact) mass is 412 g/mol. The minimum Gasteiger partial charge on any atom is -0.508 e. The number of amides is 2. The predicted molar refractivity (Wildman–Crippen MR) is 110 cm³/mol. The van der Waals surface area contributed by atoms with Crippen LogP contribution in [-0.4, -0.2) is 21.9 Å². The first-order valence-corrected chi connectivity index (χ1v) is 9.30. The predicted octanol–water partition coefficient (Wildman–Crippen LogP) is 3.31. The Morgan fingerprint density at radius 1 is 1.27 bits per heavy atom. The van der Waals surface area contributed by atoms with Gasteiger partial charge in [0.1, 0.15) is 17.3 Å². The SMILES string of the molecule is CC(C)(C)c1c(NC(=O)Cc2cc(O)c(C(C)(C)C#N)cc2F)ccnc1C(N)=O. The molecule has 0 aliphatic rings. The molecule has 2 rings (SSSR count). The summed E-state index contributed by atoms with van der Waals surface area (Å²) in [6.45, 7) is 8.65. The molecule has 7 nitrogen and oxygen atoms in total. The van der Waals surface area contributed by atoms with Crippen molar-refractivity contribution in [1.29, 1.82) is 5.26 Å². The number of phenols is 1. The Hall–Kier alpha value is -3.47. The summed E-state index contributed by atoms with van der Waals surface area (Å²) in [6, 6.07) is 5.76. The Kier molecular flexibility index (Phi) is 6.17. The molecule has 2 amide bonds. The second-order valence-electron chi connectivity index (χ2n) is 8.62. The Balaban J connectivity index is 2.36. The molecule has 0 saturated heterocycles. The van der Waals surface area contributed by atoms with Crippen molar-refractivity contribution in [2.45, 2.75) is 51.9 Å². The average Bonchev–Trinajstić information content (AvgIpc) is 2.63. The number of aromatic nitrogens is 1. The molecule has 0 atom stereocenters. The zero-order chi connectivity index (χ0) is 22.9. The molecule has 0 unspecified atom stereocenters. The Morgan fingerprint density at radius 3 is 2.43 bits per heavy atom. The van der Waals surface area contributed by atoms with Gasteiger partial charge in [-0.15, -0.1) is 0 Å². The third kappa shape index (κ3) is 4.74. The molecular formula is C22H25FN4O3. The van der Waals surface area contributed by atoms with E-state index in [1.807, 2.05) is 26.8 Å². The second kappa shape index (κ2) is 8.11. The van der Waals surface area contributed by atoms with E-state index in [-0.39, 0.29) is 29.0 Å². The molecule has 0 fully saturated rings. The molecule has 0 spiro atoms. The van der Waals surface area contributed by atoms with Crippen molar-refractivity contribution in [1.82, 2.24) is 4.98 Å². The first kappa shape index (κ1) is 22.8. The molecule has 30 heavy (non-hydrogen) atoms. The van der Waals surface area contributed by atoms with Crippen molar-refractivity contribution in [3.63, 3.8) is 0 Å². The van der Waals surface area contributed by atoms with Crippen LogP contribution in [0.2, 0.25) is 0 Å². The van der Waals surface area contributed by atoms with E-state index in [9.17, 15) is 24.3 Å². The van der Waals surface area contributed by atoms with Crippen molar-refractivity contribution >= 4 is 17.5 Å². The Bertz CT molecular complexity index is 1050. The summed E-state index contributed by atoms with van der Waals surface area (Å²) < 4.78 is 14.6. The van der Waals surface area contributed by atoms with E-state index >= 15 is 0 Å². The van der Waals surface area contributed by atoms with Gasteiger partial charge in [-0.3, -0.25) is 14.6 Å².